The summed E-state index contributed by atoms with van der Waals surface area (Å²) in [6.07, 6.45) is 3.23. The van der Waals surface area contributed by atoms with Crippen molar-refractivity contribution in [2.24, 2.45) is 0 Å². The van der Waals surface area contributed by atoms with Crippen LogP contribution in [0.15, 0.2) is 42.7 Å². The Labute approximate surface area is 172 Å². The molecule has 0 atom stereocenters. The zero-order valence-corrected chi connectivity index (χ0v) is 15.9. The number of hydrogen-bond acceptors (Lipinski definition) is 3. The number of nitrogens with zero attached hydrogens (tertiary/aromatic N) is 3. The third kappa shape index (κ3) is 3.49. The van der Waals surface area contributed by atoms with Crippen molar-refractivity contribution in [1.82, 2.24) is 14.8 Å². The number of fused-ring (bicyclic) bond motifs is 1. The molecule has 0 radical (unpaired) electrons. The van der Waals surface area contributed by atoms with E-state index in [2.05, 4.69) is 10.1 Å². The number of carbonyl (C=O) groups excluding carboxylic acids is 1. The highest BCUT2D eigenvalue weighted by molar-refractivity contribution is 6.13. The maximum Gasteiger partial charge on any atom is 0.256 e. The van der Waals surface area contributed by atoms with Crippen LogP contribution in [-0.4, -0.2) is 20.7 Å². The average molecular weight is 432 g/mol. The molecule has 10 heteroatoms. The third-order valence-electron chi connectivity index (χ3n) is 4.66. The van der Waals surface area contributed by atoms with Crippen LogP contribution < -0.4 is 5.32 Å². The fourth-order valence-electron chi connectivity index (χ4n) is 3.08. The van der Waals surface area contributed by atoms with Crippen LogP contribution in [0, 0.1) is 29.1 Å². The fourth-order valence-corrected chi connectivity index (χ4v) is 3.08. The van der Waals surface area contributed by atoms with Crippen molar-refractivity contribution in [3.05, 3.63) is 77.4 Å². The molecule has 0 spiro atoms. The zero-order valence-electron chi connectivity index (χ0n) is 15.9. The zero-order chi connectivity index (χ0) is 22.3. The van der Waals surface area contributed by atoms with Gasteiger partial charge in [-0.25, -0.2) is 26.9 Å². The predicted octanol–water partition coefficient (Wildman–Crippen LogP) is 5.07. The van der Waals surface area contributed by atoms with Gasteiger partial charge >= 0.3 is 0 Å². The number of pyridine rings is 1. The number of amides is 1. The fraction of sp³-hybridized carbons (Fsp3) is 0.0952. The van der Waals surface area contributed by atoms with E-state index in [1.807, 2.05) is 6.92 Å². The highest BCUT2D eigenvalue weighted by Crippen LogP contribution is 2.29. The number of halogens is 5. The van der Waals surface area contributed by atoms with Crippen LogP contribution in [0.3, 0.4) is 0 Å². The highest BCUT2D eigenvalue weighted by atomic mass is 19.2. The molecule has 0 aliphatic rings. The highest BCUT2D eigenvalue weighted by Gasteiger charge is 2.27. The number of rotatable bonds is 4. The number of anilines is 1. The first-order valence-corrected chi connectivity index (χ1v) is 9.07. The van der Waals surface area contributed by atoms with Crippen LogP contribution in [0.4, 0.5) is 27.6 Å². The van der Waals surface area contributed by atoms with Crippen molar-refractivity contribution < 1.29 is 26.7 Å². The number of aryl methyl sites for hydroxylation is 1. The van der Waals surface area contributed by atoms with Crippen molar-refractivity contribution >= 4 is 22.5 Å². The van der Waals surface area contributed by atoms with E-state index in [1.54, 1.807) is 40.5 Å². The summed E-state index contributed by atoms with van der Waals surface area (Å²) >= 11 is 0. The molecule has 158 valence electrons. The maximum atomic E-state index is 14.0. The van der Waals surface area contributed by atoms with Gasteiger partial charge in [0.05, 0.1) is 23.0 Å². The molecule has 2 heterocycles. The molecule has 5 nitrogen and oxygen atoms in total. The quantitative estimate of drug-likeness (QED) is 0.278. The van der Waals surface area contributed by atoms with Gasteiger partial charge in [0.2, 0.25) is 5.82 Å². The van der Waals surface area contributed by atoms with Crippen LogP contribution in [0.25, 0.3) is 22.2 Å². The van der Waals surface area contributed by atoms with Crippen molar-refractivity contribution in [3.8, 4) is 11.3 Å². The number of benzene rings is 2. The maximum absolute atomic E-state index is 14.0. The molecule has 0 bridgehead atoms. The van der Waals surface area contributed by atoms with E-state index in [9.17, 15) is 26.7 Å². The summed E-state index contributed by atoms with van der Waals surface area (Å²) in [5.74, 6) is -11.9. The molecule has 0 saturated carbocycles. The van der Waals surface area contributed by atoms with E-state index in [1.165, 1.54) is 12.3 Å². The lowest BCUT2D eigenvalue weighted by molar-refractivity contribution is 0.102. The Kier molecular flexibility index (Phi) is 5.14. The standard InChI is InChI=1S/C21H13F5N4O/c1-2-30-9-10(8-27-30)14-7-12(11-5-3-4-6-13(11)28-14)21(31)29-20-18(25)16(23)15(22)17(24)19(20)26/h3-9H,2H2,1H3,(H,29,31). The van der Waals surface area contributed by atoms with E-state index in [-0.39, 0.29) is 5.56 Å². The van der Waals surface area contributed by atoms with Gasteiger partial charge in [-0.05, 0) is 19.1 Å². The van der Waals surface area contributed by atoms with Gasteiger partial charge in [-0.15, -0.1) is 0 Å². The lowest BCUT2D eigenvalue weighted by Gasteiger charge is -2.12. The van der Waals surface area contributed by atoms with E-state index in [0.29, 0.717) is 28.7 Å². The number of aromatic nitrogens is 3. The molecule has 2 aromatic heterocycles. The summed E-state index contributed by atoms with van der Waals surface area (Å²) in [6.45, 7) is 2.48. The van der Waals surface area contributed by atoms with Crippen LogP contribution >= 0.6 is 0 Å². The van der Waals surface area contributed by atoms with Crippen molar-refractivity contribution in [3.63, 3.8) is 0 Å². The molecule has 31 heavy (non-hydrogen) atoms. The smallest absolute Gasteiger partial charge is 0.256 e. The Morgan fingerprint density at radius 2 is 1.65 bits per heavy atom. The number of nitrogens with one attached hydrogen (secondary N) is 1. The second-order valence-corrected chi connectivity index (χ2v) is 6.56. The lowest BCUT2D eigenvalue weighted by atomic mass is 10.0. The normalized spacial score (nSPS) is 11.2. The summed E-state index contributed by atoms with van der Waals surface area (Å²) in [4.78, 5) is 17.3. The molecule has 0 fully saturated rings. The molecule has 4 aromatic rings. The Morgan fingerprint density at radius 3 is 2.29 bits per heavy atom. The summed E-state index contributed by atoms with van der Waals surface area (Å²) in [5.41, 5.74) is -0.165. The molecule has 1 amide bonds. The van der Waals surface area contributed by atoms with E-state index in [4.69, 9.17) is 0 Å². The second kappa shape index (κ2) is 7.78. The van der Waals surface area contributed by atoms with E-state index >= 15 is 0 Å². The monoisotopic (exact) mass is 432 g/mol. The largest absolute Gasteiger partial charge is 0.317 e. The van der Waals surface area contributed by atoms with E-state index in [0.717, 1.165) is 0 Å². The second-order valence-electron chi connectivity index (χ2n) is 6.56. The van der Waals surface area contributed by atoms with Gasteiger partial charge < -0.3 is 5.32 Å². The van der Waals surface area contributed by atoms with Gasteiger partial charge in [-0.2, -0.15) is 5.10 Å². The molecule has 0 unspecified atom stereocenters. The minimum atomic E-state index is -2.31. The molecule has 2 aromatic carbocycles. The van der Waals surface area contributed by atoms with Gasteiger partial charge in [-0.3, -0.25) is 9.48 Å². The lowest BCUT2D eigenvalue weighted by Crippen LogP contribution is -2.17. The van der Waals surface area contributed by atoms with Gasteiger partial charge in [0.15, 0.2) is 23.3 Å². The van der Waals surface area contributed by atoms with Crippen molar-refractivity contribution in [1.29, 1.82) is 0 Å². The summed E-state index contributed by atoms with van der Waals surface area (Å²) in [7, 11) is 0. The minimum absolute atomic E-state index is 0.0613. The Balaban J connectivity index is 1.83. The molecular weight excluding hydrogens is 419 g/mol. The van der Waals surface area contributed by atoms with Crippen LogP contribution in [-0.2, 0) is 6.54 Å². The van der Waals surface area contributed by atoms with Crippen molar-refractivity contribution in [2.45, 2.75) is 13.5 Å². The predicted molar refractivity (Wildman–Crippen MR) is 103 cm³/mol. The summed E-state index contributed by atoms with van der Waals surface area (Å²) in [5, 5.41) is 6.28. The summed E-state index contributed by atoms with van der Waals surface area (Å²) in [6, 6.07) is 7.84. The van der Waals surface area contributed by atoms with Gasteiger partial charge in [0, 0.05) is 23.7 Å². The summed E-state index contributed by atoms with van der Waals surface area (Å²) < 4.78 is 70.0. The number of carbonyl (C=O) groups is 1. The first-order valence-electron chi connectivity index (χ1n) is 9.07. The minimum Gasteiger partial charge on any atom is -0.317 e. The Hall–Kier alpha value is -3.82. The molecule has 4 rings (SSSR count). The molecular formula is C21H13F5N4O. The molecule has 0 aliphatic heterocycles. The molecule has 0 aliphatic carbocycles. The molecule has 1 N–H and O–H groups in total. The van der Waals surface area contributed by atoms with Crippen molar-refractivity contribution in [2.75, 3.05) is 5.32 Å². The van der Waals surface area contributed by atoms with Gasteiger partial charge in [0.1, 0.15) is 5.69 Å². The topological polar surface area (TPSA) is 59.8 Å². The number of para-hydroxylation sites is 1. The third-order valence-corrected chi connectivity index (χ3v) is 4.66. The Morgan fingerprint density at radius 1 is 1.00 bits per heavy atom. The van der Waals surface area contributed by atoms with Crippen LogP contribution in [0.2, 0.25) is 0 Å². The SMILES string of the molecule is CCn1cc(-c2cc(C(=O)Nc3c(F)c(F)c(F)c(F)c3F)c3ccccc3n2)cn1. The first-order chi connectivity index (χ1) is 14.8. The average Bonchev–Trinajstić information content (AvgIpc) is 3.28. The van der Waals surface area contributed by atoms with Crippen LogP contribution in [0.1, 0.15) is 17.3 Å². The van der Waals surface area contributed by atoms with Gasteiger partial charge in [0.25, 0.3) is 5.91 Å². The van der Waals surface area contributed by atoms with Gasteiger partial charge in [-0.1, -0.05) is 18.2 Å². The first kappa shape index (κ1) is 20.5. The van der Waals surface area contributed by atoms with E-state index < -0.39 is 40.7 Å². The molecule has 0 saturated heterocycles. The van der Waals surface area contributed by atoms with Crippen LogP contribution in [0.5, 0.6) is 0 Å². The Bertz CT molecular complexity index is 1310. The number of hydrogen-bond donors (Lipinski definition) is 1.